The van der Waals surface area contributed by atoms with E-state index in [4.69, 9.17) is 28.3 Å². The first-order chi connectivity index (χ1) is 10.8. The lowest BCUT2D eigenvalue weighted by atomic mass is 10.1. The van der Waals surface area contributed by atoms with Gasteiger partial charge in [0.05, 0.1) is 26.9 Å². The number of aromatic hydroxyl groups is 1. The monoisotopic (exact) mass is 351 g/mol. The van der Waals surface area contributed by atoms with Gasteiger partial charge < -0.3 is 10.2 Å². The summed E-state index contributed by atoms with van der Waals surface area (Å²) in [5.74, 6) is -3.29. The Labute approximate surface area is 139 Å². The molecule has 0 saturated heterocycles. The van der Waals surface area contributed by atoms with E-state index in [1.165, 1.54) is 18.2 Å². The van der Waals surface area contributed by atoms with E-state index in [1.54, 1.807) is 0 Å². The molecular formula is C15H7Cl2NO5. The molecule has 0 radical (unpaired) electrons. The van der Waals surface area contributed by atoms with E-state index in [2.05, 4.69) is 0 Å². The van der Waals surface area contributed by atoms with E-state index in [1.807, 2.05) is 0 Å². The van der Waals surface area contributed by atoms with Crippen LogP contribution in [0.15, 0.2) is 30.3 Å². The van der Waals surface area contributed by atoms with Gasteiger partial charge in [-0.25, -0.2) is 9.69 Å². The van der Waals surface area contributed by atoms with Gasteiger partial charge in [0.15, 0.2) is 0 Å². The highest BCUT2D eigenvalue weighted by Crippen LogP contribution is 2.37. The van der Waals surface area contributed by atoms with Gasteiger partial charge in [0.25, 0.3) is 11.8 Å². The minimum atomic E-state index is -1.33. The van der Waals surface area contributed by atoms with E-state index in [0.29, 0.717) is 0 Å². The van der Waals surface area contributed by atoms with E-state index < -0.39 is 23.5 Å². The first kappa shape index (κ1) is 15.3. The van der Waals surface area contributed by atoms with Gasteiger partial charge in [0, 0.05) is 6.07 Å². The molecule has 1 heterocycles. The number of carboxylic acid groups (broad SMARTS) is 1. The van der Waals surface area contributed by atoms with Gasteiger partial charge >= 0.3 is 5.97 Å². The number of hydrogen-bond donors (Lipinski definition) is 2. The van der Waals surface area contributed by atoms with Crippen molar-refractivity contribution < 1.29 is 24.6 Å². The fourth-order valence-electron chi connectivity index (χ4n) is 2.36. The zero-order valence-electron chi connectivity index (χ0n) is 11.2. The van der Waals surface area contributed by atoms with E-state index in [9.17, 15) is 19.5 Å². The van der Waals surface area contributed by atoms with Gasteiger partial charge in [0.2, 0.25) is 0 Å². The summed E-state index contributed by atoms with van der Waals surface area (Å²) in [7, 11) is 0. The summed E-state index contributed by atoms with van der Waals surface area (Å²) in [5.41, 5.74) is -0.371. The lowest BCUT2D eigenvalue weighted by Gasteiger charge is -2.14. The number of hydrogen-bond acceptors (Lipinski definition) is 4. The molecule has 8 heteroatoms. The molecule has 6 nitrogen and oxygen atoms in total. The molecule has 2 aromatic carbocycles. The number of benzene rings is 2. The minimum Gasteiger partial charge on any atom is -0.507 e. The van der Waals surface area contributed by atoms with Crippen LogP contribution in [0, 0.1) is 0 Å². The Bertz CT molecular complexity index is 853. The number of phenols is 1. The summed E-state index contributed by atoms with van der Waals surface area (Å²) >= 11 is 11.9. The number of amides is 2. The molecule has 2 aromatic rings. The average Bonchev–Trinajstić information content (AvgIpc) is 2.75. The Kier molecular flexibility index (Phi) is 3.50. The van der Waals surface area contributed by atoms with Gasteiger partial charge in [-0.1, -0.05) is 23.2 Å². The number of carbonyl (C=O) groups excluding carboxylic acids is 2. The molecular weight excluding hydrogens is 345 g/mol. The predicted octanol–water partition coefficient (Wildman–Crippen LogP) is 3.20. The molecule has 0 bridgehead atoms. The second kappa shape index (κ2) is 5.26. The normalized spacial score (nSPS) is 13.4. The fraction of sp³-hybridized carbons (Fsp3) is 0. The third kappa shape index (κ3) is 2.23. The lowest BCUT2D eigenvalue weighted by molar-refractivity contribution is 0.0693. The number of rotatable bonds is 2. The second-order valence-electron chi connectivity index (χ2n) is 4.73. The van der Waals surface area contributed by atoms with Gasteiger partial charge in [-0.15, -0.1) is 0 Å². The minimum absolute atomic E-state index is 0.0193. The molecule has 1 aliphatic rings. The molecule has 0 spiro atoms. The zero-order chi connectivity index (χ0) is 16.9. The molecule has 2 amide bonds. The molecule has 1 aliphatic heterocycles. The Balaban J connectivity index is 2.13. The number of nitrogens with zero attached hydrogens (tertiary/aromatic N) is 1. The molecule has 0 aliphatic carbocycles. The number of carbonyl (C=O) groups is 3. The van der Waals surface area contributed by atoms with Gasteiger partial charge in [-0.2, -0.15) is 0 Å². The number of halogens is 2. The second-order valence-corrected chi connectivity index (χ2v) is 5.55. The summed E-state index contributed by atoms with van der Waals surface area (Å²) in [6.45, 7) is 0. The van der Waals surface area contributed by atoms with Gasteiger partial charge in [0.1, 0.15) is 11.3 Å². The molecule has 0 fully saturated rings. The number of fused-ring (bicyclic) bond motifs is 1. The number of imide groups is 1. The maximum atomic E-state index is 12.5. The van der Waals surface area contributed by atoms with E-state index in [0.717, 1.165) is 17.0 Å². The molecule has 0 unspecified atom stereocenters. The topological polar surface area (TPSA) is 94.9 Å². The number of anilines is 1. The highest BCUT2D eigenvalue weighted by atomic mass is 35.5. The number of aromatic carboxylic acids is 1. The maximum absolute atomic E-state index is 12.5. The smallest absolute Gasteiger partial charge is 0.339 e. The van der Waals surface area contributed by atoms with Crippen LogP contribution in [0.2, 0.25) is 10.0 Å². The predicted molar refractivity (Wildman–Crippen MR) is 82.7 cm³/mol. The Morgan fingerprint density at radius 1 is 0.957 bits per heavy atom. The standard InChI is InChI=1S/C15H7Cl2NO5/c16-8-3-4-9(17)12-11(8)13(20)18(14(12)21)6-1-2-7(15(22)23)10(19)5-6/h1-5,19H,(H,22,23). The Hall–Kier alpha value is -2.57. The van der Waals surface area contributed by atoms with Crippen LogP contribution in [-0.2, 0) is 0 Å². The molecule has 0 saturated carbocycles. The fourth-order valence-corrected chi connectivity index (χ4v) is 2.84. The van der Waals surface area contributed by atoms with Crippen LogP contribution in [0.5, 0.6) is 5.75 Å². The van der Waals surface area contributed by atoms with Crippen molar-refractivity contribution in [1.82, 2.24) is 0 Å². The zero-order valence-corrected chi connectivity index (χ0v) is 12.7. The molecule has 116 valence electrons. The SMILES string of the molecule is O=C(O)c1ccc(N2C(=O)c3c(Cl)ccc(Cl)c3C2=O)cc1O. The van der Waals surface area contributed by atoms with Crippen molar-refractivity contribution in [3.05, 3.63) is 57.1 Å². The summed E-state index contributed by atoms with van der Waals surface area (Å²) < 4.78 is 0. The molecule has 3 rings (SSSR count). The molecule has 0 aromatic heterocycles. The lowest BCUT2D eigenvalue weighted by Crippen LogP contribution is -2.29. The average molecular weight is 352 g/mol. The van der Waals surface area contributed by atoms with Crippen LogP contribution in [0.1, 0.15) is 31.1 Å². The maximum Gasteiger partial charge on any atom is 0.339 e. The first-order valence-electron chi connectivity index (χ1n) is 6.26. The van der Waals surface area contributed by atoms with Gasteiger partial charge in [-0.05, 0) is 24.3 Å². The summed E-state index contributed by atoms with van der Waals surface area (Å²) in [6, 6.07) is 6.17. The van der Waals surface area contributed by atoms with Crippen LogP contribution in [0.3, 0.4) is 0 Å². The van der Waals surface area contributed by atoms with Crippen LogP contribution in [-0.4, -0.2) is 28.0 Å². The summed E-state index contributed by atoms with van der Waals surface area (Å²) in [5, 5.41) is 18.8. The third-order valence-corrected chi connectivity index (χ3v) is 4.04. The van der Waals surface area contributed by atoms with Crippen LogP contribution in [0.4, 0.5) is 5.69 Å². The van der Waals surface area contributed by atoms with Crippen molar-refractivity contribution in [2.24, 2.45) is 0 Å². The van der Waals surface area contributed by atoms with E-state index >= 15 is 0 Å². The van der Waals surface area contributed by atoms with Crippen molar-refractivity contribution in [1.29, 1.82) is 0 Å². The Morgan fingerprint density at radius 2 is 1.48 bits per heavy atom. The highest BCUT2D eigenvalue weighted by Gasteiger charge is 2.40. The largest absolute Gasteiger partial charge is 0.507 e. The Morgan fingerprint density at radius 3 is 1.91 bits per heavy atom. The van der Waals surface area contributed by atoms with Crippen LogP contribution in [0.25, 0.3) is 0 Å². The highest BCUT2D eigenvalue weighted by molar-refractivity contribution is 6.46. The van der Waals surface area contributed by atoms with Gasteiger partial charge in [-0.3, -0.25) is 9.59 Å². The van der Waals surface area contributed by atoms with Crippen molar-refractivity contribution in [3.63, 3.8) is 0 Å². The summed E-state index contributed by atoms with van der Waals surface area (Å²) in [4.78, 5) is 36.6. The first-order valence-corrected chi connectivity index (χ1v) is 7.01. The van der Waals surface area contributed by atoms with Crippen molar-refractivity contribution in [2.45, 2.75) is 0 Å². The number of carboxylic acids is 1. The van der Waals surface area contributed by atoms with E-state index in [-0.39, 0.29) is 32.4 Å². The summed E-state index contributed by atoms with van der Waals surface area (Å²) in [6.07, 6.45) is 0. The van der Waals surface area contributed by atoms with Crippen molar-refractivity contribution in [2.75, 3.05) is 4.90 Å². The van der Waals surface area contributed by atoms with Crippen LogP contribution >= 0.6 is 23.2 Å². The quantitative estimate of drug-likeness (QED) is 0.810. The van der Waals surface area contributed by atoms with Crippen molar-refractivity contribution in [3.8, 4) is 5.75 Å². The molecule has 2 N–H and O–H groups in total. The third-order valence-electron chi connectivity index (χ3n) is 3.41. The van der Waals surface area contributed by atoms with Crippen LogP contribution < -0.4 is 4.90 Å². The molecule has 23 heavy (non-hydrogen) atoms. The van der Waals surface area contributed by atoms with Crippen molar-refractivity contribution >= 4 is 46.7 Å². The molecule has 0 atom stereocenters.